The number of aryl methyl sites for hydroxylation is 1. The van der Waals surface area contributed by atoms with Gasteiger partial charge in [-0.05, 0) is 48.9 Å². The third kappa shape index (κ3) is 4.98. The molecule has 0 saturated carbocycles. The molecule has 0 aliphatic heterocycles. The van der Waals surface area contributed by atoms with Gasteiger partial charge in [-0.2, -0.15) is 9.65 Å². The number of carbonyl (C=O) groups excluding carboxylic acids is 2. The molecule has 0 unspecified atom stereocenters. The monoisotopic (exact) mass is 504 g/mol. The highest BCUT2D eigenvalue weighted by Gasteiger charge is 2.23. The van der Waals surface area contributed by atoms with Crippen molar-refractivity contribution in [2.45, 2.75) is 6.92 Å². The summed E-state index contributed by atoms with van der Waals surface area (Å²) in [6.07, 6.45) is 1.49. The fourth-order valence-corrected chi connectivity index (χ4v) is 3.62. The second kappa shape index (κ2) is 10.2. The maximum atomic E-state index is 13.5. The lowest BCUT2D eigenvalue weighted by atomic mass is 10.0. The highest BCUT2D eigenvalue weighted by molar-refractivity contribution is 6.32. The Bertz CT molecular complexity index is 1530. The molecule has 3 heterocycles. The van der Waals surface area contributed by atoms with Gasteiger partial charge in [-0.1, -0.05) is 17.7 Å². The molecule has 0 aliphatic rings. The van der Waals surface area contributed by atoms with Crippen molar-refractivity contribution in [1.29, 1.82) is 5.26 Å². The lowest BCUT2D eigenvalue weighted by Crippen LogP contribution is -2.24. The first-order chi connectivity index (χ1) is 17.3. The van der Waals surface area contributed by atoms with Crippen LogP contribution in [0.2, 0.25) is 5.02 Å². The number of aromatic nitrogens is 4. The summed E-state index contributed by atoms with van der Waals surface area (Å²) in [5.74, 6) is -1.30. The fraction of sp³-hybridized carbons (Fsp3) is 0.0833. The van der Waals surface area contributed by atoms with Gasteiger partial charge in [0.1, 0.15) is 11.5 Å². The summed E-state index contributed by atoms with van der Waals surface area (Å²) in [5.41, 5.74) is 1.13. The van der Waals surface area contributed by atoms with Crippen LogP contribution >= 0.6 is 11.6 Å². The molecule has 1 aromatic carbocycles. The van der Waals surface area contributed by atoms with Gasteiger partial charge in [0.15, 0.2) is 11.6 Å². The van der Waals surface area contributed by atoms with Crippen molar-refractivity contribution in [2.24, 2.45) is 0 Å². The van der Waals surface area contributed by atoms with Crippen LogP contribution in [-0.4, -0.2) is 38.6 Å². The maximum absolute atomic E-state index is 13.5. The van der Waals surface area contributed by atoms with E-state index in [9.17, 15) is 19.2 Å². The summed E-state index contributed by atoms with van der Waals surface area (Å²) in [7, 11) is 1.44. The smallest absolute Gasteiger partial charge is 0.274 e. The van der Waals surface area contributed by atoms with Gasteiger partial charge in [-0.3, -0.25) is 9.59 Å². The van der Waals surface area contributed by atoms with Crippen LogP contribution in [0, 0.1) is 24.2 Å². The molecule has 12 heteroatoms. The number of benzene rings is 1. The van der Waals surface area contributed by atoms with Crippen LogP contribution in [0.1, 0.15) is 32.0 Å². The molecule has 0 radical (unpaired) electrons. The van der Waals surface area contributed by atoms with Gasteiger partial charge in [0.2, 0.25) is 5.95 Å². The number of amides is 2. The molecule has 0 bridgehead atoms. The Labute approximate surface area is 209 Å². The van der Waals surface area contributed by atoms with Crippen LogP contribution < -0.4 is 16.0 Å². The van der Waals surface area contributed by atoms with Crippen molar-refractivity contribution in [2.75, 3.05) is 17.7 Å². The van der Waals surface area contributed by atoms with Crippen molar-refractivity contribution < 1.29 is 14.0 Å². The predicted octanol–water partition coefficient (Wildman–Crippen LogP) is 3.99. The molecule has 0 fully saturated rings. The Morgan fingerprint density at radius 2 is 1.92 bits per heavy atom. The van der Waals surface area contributed by atoms with Crippen LogP contribution in [0.3, 0.4) is 0 Å². The van der Waals surface area contributed by atoms with E-state index in [0.29, 0.717) is 5.56 Å². The van der Waals surface area contributed by atoms with E-state index < -0.39 is 17.8 Å². The quantitative estimate of drug-likeness (QED) is 0.337. The molecular formula is C24H18ClFN8O2. The van der Waals surface area contributed by atoms with Crippen molar-refractivity contribution in [1.82, 2.24) is 25.1 Å². The number of carbonyl (C=O) groups is 2. The third-order valence-electron chi connectivity index (χ3n) is 5.03. The summed E-state index contributed by atoms with van der Waals surface area (Å²) < 4.78 is 14.8. The second-order valence-electron chi connectivity index (χ2n) is 7.47. The zero-order chi connectivity index (χ0) is 25.8. The maximum Gasteiger partial charge on any atom is 0.274 e. The van der Waals surface area contributed by atoms with Crippen LogP contribution in [0.5, 0.6) is 0 Å². The molecule has 0 spiro atoms. The Kier molecular flexibility index (Phi) is 6.89. The normalized spacial score (nSPS) is 10.4. The van der Waals surface area contributed by atoms with Crippen LogP contribution in [0.15, 0.2) is 54.7 Å². The highest BCUT2D eigenvalue weighted by atomic mass is 35.5. The Morgan fingerprint density at radius 1 is 1.11 bits per heavy atom. The number of nitrogens with zero attached hydrogens (tertiary/aromatic N) is 5. The SMILES string of the molecule is CNC(=O)c1cc(C#N)cc(C)c1NC(=O)c1cc(Nc2cccc(F)n2)nn1-c1ncccc1Cl. The first kappa shape index (κ1) is 24.3. The minimum Gasteiger partial charge on any atom is -0.355 e. The summed E-state index contributed by atoms with van der Waals surface area (Å²) in [6, 6.07) is 13.8. The minimum absolute atomic E-state index is 0.0149. The molecule has 3 N–H and O–H groups in total. The van der Waals surface area contributed by atoms with Crippen LogP contribution in [-0.2, 0) is 0 Å². The molecule has 36 heavy (non-hydrogen) atoms. The fourth-order valence-electron chi connectivity index (χ4n) is 3.42. The van der Waals surface area contributed by atoms with Gasteiger partial charge < -0.3 is 16.0 Å². The Balaban J connectivity index is 1.78. The highest BCUT2D eigenvalue weighted by Crippen LogP contribution is 2.26. The van der Waals surface area contributed by atoms with E-state index in [1.165, 1.54) is 48.3 Å². The van der Waals surface area contributed by atoms with Crippen molar-refractivity contribution >= 4 is 40.7 Å². The number of halogens is 2. The zero-order valence-electron chi connectivity index (χ0n) is 19.0. The standard InChI is InChI=1S/C24H18ClFN8O2/c1-13-9-14(12-27)10-15(23(35)28-2)21(13)32-24(36)17-11-20(31-19-7-3-6-18(26)30-19)33-34(17)22-16(25)5-4-8-29-22/h3-11H,1-2H3,(H,28,35)(H,32,36)(H,30,31,33). The summed E-state index contributed by atoms with van der Waals surface area (Å²) >= 11 is 6.31. The summed E-state index contributed by atoms with van der Waals surface area (Å²) in [6.45, 7) is 1.67. The van der Waals surface area contributed by atoms with Crippen molar-refractivity contribution in [3.05, 3.63) is 88.1 Å². The van der Waals surface area contributed by atoms with E-state index in [4.69, 9.17) is 11.6 Å². The molecule has 4 rings (SSSR count). The lowest BCUT2D eigenvalue weighted by molar-refractivity contribution is 0.0964. The molecule has 0 aliphatic carbocycles. The van der Waals surface area contributed by atoms with Gasteiger partial charge in [0.05, 0.1) is 27.9 Å². The van der Waals surface area contributed by atoms with Gasteiger partial charge in [0.25, 0.3) is 11.8 Å². The molecule has 180 valence electrons. The minimum atomic E-state index is -0.691. The number of hydrogen-bond donors (Lipinski definition) is 3. The van der Waals surface area contributed by atoms with E-state index >= 15 is 0 Å². The van der Waals surface area contributed by atoms with Gasteiger partial charge >= 0.3 is 0 Å². The Hall–Kier alpha value is -4.82. The number of nitrogens with one attached hydrogen (secondary N) is 3. The third-order valence-corrected chi connectivity index (χ3v) is 5.32. The number of nitriles is 1. The molecule has 10 nitrogen and oxygen atoms in total. The lowest BCUT2D eigenvalue weighted by Gasteiger charge is -2.14. The van der Waals surface area contributed by atoms with E-state index in [1.807, 2.05) is 6.07 Å². The van der Waals surface area contributed by atoms with E-state index in [1.54, 1.807) is 25.1 Å². The number of pyridine rings is 2. The number of rotatable bonds is 6. The average Bonchev–Trinajstić information content (AvgIpc) is 3.28. The molecule has 3 aromatic heterocycles. The second-order valence-corrected chi connectivity index (χ2v) is 7.87. The summed E-state index contributed by atoms with van der Waals surface area (Å²) in [4.78, 5) is 33.9. The number of hydrogen-bond acceptors (Lipinski definition) is 7. The molecular weight excluding hydrogens is 487 g/mol. The first-order valence-corrected chi connectivity index (χ1v) is 10.9. The topological polar surface area (TPSA) is 138 Å². The van der Waals surface area contributed by atoms with E-state index in [-0.39, 0.29) is 45.0 Å². The first-order valence-electron chi connectivity index (χ1n) is 10.5. The predicted molar refractivity (Wildman–Crippen MR) is 131 cm³/mol. The van der Waals surface area contributed by atoms with Crippen molar-refractivity contribution in [3.63, 3.8) is 0 Å². The van der Waals surface area contributed by atoms with E-state index in [2.05, 4.69) is 31.0 Å². The van der Waals surface area contributed by atoms with Crippen molar-refractivity contribution in [3.8, 4) is 11.9 Å². The zero-order valence-corrected chi connectivity index (χ0v) is 19.8. The Morgan fingerprint density at radius 3 is 2.61 bits per heavy atom. The van der Waals surface area contributed by atoms with Gasteiger partial charge in [-0.15, -0.1) is 5.10 Å². The van der Waals surface area contributed by atoms with Crippen LogP contribution in [0.4, 0.5) is 21.7 Å². The van der Waals surface area contributed by atoms with Gasteiger partial charge in [0, 0.05) is 19.3 Å². The summed E-state index contributed by atoms with van der Waals surface area (Å²) in [5, 5.41) is 22.0. The molecule has 4 aromatic rings. The van der Waals surface area contributed by atoms with Gasteiger partial charge in [-0.25, -0.2) is 14.6 Å². The molecule has 2 amide bonds. The van der Waals surface area contributed by atoms with Crippen LogP contribution in [0.25, 0.3) is 5.82 Å². The van der Waals surface area contributed by atoms with E-state index in [0.717, 1.165) is 0 Å². The average molecular weight is 505 g/mol. The largest absolute Gasteiger partial charge is 0.355 e. The molecule has 0 atom stereocenters. The number of anilines is 3. The molecule has 0 saturated heterocycles.